The zero-order valence-corrected chi connectivity index (χ0v) is 18.4. The first-order valence-electron chi connectivity index (χ1n) is 10.5. The van der Waals surface area contributed by atoms with Crippen LogP contribution in [0.15, 0.2) is 47.3 Å². The SMILES string of the molecule is CN=CC(=C(N)COC1COC1)c1cnc2ccc(Nc3cc(C(C)C)cnn3)nc2c1. The van der Waals surface area contributed by atoms with Gasteiger partial charge in [-0.1, -0.05) is 13.8 Å². The van der Waals surface area contributed by atoms with Gasteiger partial charge in [-0.05, 0) is 35.7 Å². The van der Waals surface area contributed by atoms with Crippen molar-refractivity contribution < 1.29 is 9.47 Å². The average Bonchev–Trinajstić information content (AvgIpc) is 2.76. The van der Waals surface area contributed by atoms with Gasteiger partial charge in [0.2, 0.25) is 0 Å². The molecule has 3 aromatic rings. The quantitative estimate of drug-likeness (QED) is 0.520. The Morgan fingerprint density at radius 3 is 2.81 bits per heavy atom. The fourth-order valence-electron chi connectivity index (χ4n) is 3.18. The van der Waals surface area contributed by atoms with Crippen LogP contribution in [-0.4, -0.2) is 59.4 Å². The summed E-state index contributed by atoms with van der Waals surface area (Å²) < 4.78 is 10.9. The molecule has 3 N–H and O–H groups in total. The van der Waals surface area contributed by atoms with Crippen LogP contribution < -0.4 is 11.1 Å². The van der Waals surface area contributed by atoms with E-state index in [1.807, 2.05) is 24.3 Å². The number of hydrogen-bond donors (Lipinski definition) is 2. The van der Waals surface area contributed by atoms with Crippen molar-refractivity contribution >= 4 is 34.5 Å². The second-order valence-corrected chi connectivity index (χ2v) is 7.91. The topological polar surface area (TPSA) is 120 Å². The van der Waals surface area contributed by atoms with E-state index in [1.54, 1.807) is 25.7 Å². The zero-order chi connectivity index (χ0) is 22.5. The summed E-state index contributed by atoms with van der Waals surface area (Å²) in [6.45, 7) is 5.74. The summed E-state index contributed by atoms with van der Waals surface area (Å²) in [6, 6.07) is 7.70. The molecule has 4 heterocycles. The maximum atomic E-state index is 6.32. The molecule has 9 heteroatoms. The van der Waals surface area contributed by atoms with E-state index in [1.165, 1.54) is 0 Å². The third-order valence-electron chi connectivity index (χ3n) is 5.13. The van der Waals surface area contributed by atoms with Gasteiger partial charge >= 0.3 is 0 Å². The number of anilines is 2. The molecule has 1 aliphatic rings. The van der Waals surface area contributed by atoms with Crippen LogP contribution in [-0.2, 0) is 9.47 Å². The molecular weight excluding hydrogens is 406 g/mol. The van der Waals surface area contributed by atoms with Gasteiger partial charge in [-0.25, -0.2) is 4.98 Å². The summed E-state index contributed by atoms with van der Waals surface area (Å²) in [7, 11) is 1.70. The first-order valence-corrected chi connectivity index (χ1v) is 10.5. The molecule has 32 heavy (non-hydrogen) atoms. The highest BCUT2D eigenvalue weighted by atomic mass is 16.6. The first kappa shape index (κ1) is 21.8. The van der Waals surface area contributed by atoms with Crippen molar-refractivity contribution in [2.75, 3.05) is 32.2 Å². The van der Waals surface area contributed by atoms with Gasteiger partial charge in [0.05, 0.1) is 37.1 Å². The number of fused-ring (bicyclic) bond motifs is 1. The van der Waals surface area contributed by atoms with E-state index in [-0.39, 0.29) is 6.10 Å². The first-order chi connectivity index (χ1) is 15.5. The highest BCUT2D eigenvalue weighted by molar-refractivity contribution is 6.11. The van der Waals surface area contributed by atoms with E-state index < -0.39 is 0 Å². The largest absolute Gasteiger partial charge is 0.400 e. The number of ether oxygens (including phenoxy) is 2. The normalized spacial score (nSPS) is 15.2. The number of hydrogen-bond acceptors (Lipinski definition) is 9. The average molecular weight is 434 g/mol. The van der Waals surface area contributed by atoms with E-state index in [9.17, 15) is 0 Å². The lowest BCUT2D eigenvalue weighted by Crippen LogP contribution is -2.37. The Kier molecular flexibility index (Phi) is 6.67. The monoisotopic (exact) mass is 433 g/mol. The second-order valence-electron chi connectivity index (χ2n) is 7.91. The Morgan fingerprint density at radius 2 is 2.09 bits per heavy atom. The zero-order valence-electron chi connectivity index (χ0n) is 18.4. The van der Waals surface area contributed by atoms with E-state index in [0.29, 0.717) is 43.1 Å². The highest BCUT2D eigenvalue weighted by Gasteiger charge is 2.19. The van der Waals surface area contributed by atoms with Gasteiger partial charge in [0.25, 0.3) is 0 Å². The van der Waals surface area contributed by atoms with E-state index in [2.05, 4.69) is 39.3 Å². The summed E-state index contributed by atoms with van der Waals surface area (Å²) in [6.07, 6.45) is 5.35. The fraction of sp³-hybridized carbons (Fsp3) is 0.348. The molecule has 0 radical (unpaired) electrons. The van der Waals surface area contributed by atoms with Crippen molar-refractivity contribution in [2.45, 2.75) is 25.9 Å². The van der Waals surface area contributed by atoms with Crippen molar-refractivity contribution in [3.05, 3.63) is 53.5 Å². The maximum absolute atomic E-state index is 6.32. The lowest BCUT2D eigenvalue weighted by atomic mass is 10.1. The number of rotatable bonds is 8. The fourth-order valence-corrected chi connectivity index (χ4v) is 3.18. The van der Waals surface area contributed by atoms with Crippen molar-refractivity contribution in [1.29, 1.82) is 0 Å². The number of aromatic nitrogens is 4. The second kappa shape index (κ2) is 9.80. The van der Waals surface area contributed by atoms with Gasteiger partial charge in [-0.15, -0.1) is 5.10 Å². The minimum atomic E-state index is 0.0932. The summed E-state index contributed by atoms with van der Waals surface area (Å²) >= 11 is 0. The van der Waals surface area contributed by atoms with Gasteiger partial charge in [0.1, 0.15) is 11.9 Å². The number of aliphatic imine (C=N–C) groups is 1. The molecule has 1 aliphatic heterocycles. The highest BCUT2D eigenvalue weighted by Crippen LogP contribution is 2.23. The predicted octanol–water partition coefficient (Wildman–Crippen LogP) is 3.07. The van der Waals surface area contributed by atoms with Crippen LogP contribution in [0.5, 0.6) is 0 Å². The van der Waals surface area contributed by atoms with Crippen LogP contribution >= 0.6 is 0 Å². The van der Waals surface area contributed by atoms with E-state index >= 15 is 0 Å². The summed E-state index contributed by atoms with van der Waals surface area (Å²) in [5, 5.41) is 11.5. The van der Waals surface area contributed by atoms with Crippen LogP contribution in [0.4, 0.5) is 11.6 Å². The van der Waals surface area contributed by atoms with Crippen molar-refractivity contribution in [1.82, 2.24) is 20.2 Å². The molecule has 3 aromatic heterocycles. The minimum absolute atomic E-state index is 0.0932. The molecule has 0 spiro atoms. The van der Waals surface area contributed by atoms with Crippen molar-refractivity contribution in [3.8, 4) is 0 Å². The van der Waals surface area contributed by atoms with E-state index in [0.717, 1.165) is 27.7 Å². The van der Waals surface area contributed by atoms with Crippen LogP contribution in [0.2, 0.25) is 0 Å². The van der Waals surface area contributed by atoms with Crippen LogP contribution in [0.25, 0.3) is 16.6 Å². The molecule has 0 atom stereocenters. The predicted molar refractivity (Wildman–Crippen MR) is 125 cm³/mol. The lowest BCUT2D eigenvalue weighted by molar-refractivity contribution is -0.124. The molecule has 4 rings (SSSR count). The molecular formula is C23H27N7O2. The lowest BCUT2D eigenvalue weighted by Gasteiger charge is -2.26. The Bertz CT molecular complexity index is 1160. The van der Waals surface area contributed by atoms with Crippen LogP contribution in [0.3, 0.4) is 0 Å². The van der Waals surface area contributed by atoms with Gasteiger partial charge in [-0.2, -0.15) is 5.10 Å². The number of allylic oxidation sites excluding steroid dienone is 1. The Balaban J connectivity index is 1.61. The number of nitrogens with one attached hydrogen (secondary N) is 1. The number of nitrogens with two attached hydrogens (primary N) is 1. The molecule has 0 bridgehead atoms. The molecule has 166 valence electrons. The van der Waals surface area contributed by atoms with Gasteiger partial charge in [-0.3, -0.25) is 9.98 Å². The minimum Gasteiger partial charge on any atom is -0.400 e. The summed E-state index contributed by atoms with van der Waals surface area (Å²) in [5.41, 5.74) is 11.1. The summed E-state index contributed by atoms with van der Waals surface area (Å²) in [5.74, 6) is 1.66. The molecule has 0 amide bonds. The maximum Gasteiger partial charge on any atom is 0.154 e. The Morgan fingerprint density at radius 1 is 1.25 bits per heavy atom. The Labute approximate surface area is 186 Å². The van der Waals surface area contributed by atoms with Gasteiger partial charge < -0.3 is 20.5 Å². The molecule has 1 fully saturated rings. The molecule has 0 unspecified atom stereocenters. The smallest absolute Gasteiger partial charge is 0.154 e. The molecule has 1 saturated heterocycles. The van der Waals surface area contributed by atoms with Crippen LogP contribution in [0, 0.1) is 0 Å². The summed E-state index contributed by atoms with van der Waals surface area (Å²) in [4.78, 5) is 13.4. The van der Waals surface area contributed by atoms with Gasteiger partial charge in [0, 0.05) is 36.3 Å². The Hall–Kier alpha value is -3.43. The molecule has 9 nitrogen and oxygen atoms in total. The number of pyridine rings is 2. The number of nitrogens with zero attached hydrogens (tertiary/aromatic N) is 5. The van der Waals surface area contributed by atoms with E-state index in [4.69, 9.17) is 20.2 Å². The standard InChI is InChI=1S/C23H27N7O2/c1-14(2)15-7-23(30-27-9-15)29-22-5-4-20-21(28-22)6-16(8-26-20)18(10-25-3)19(24)13-32-17-11-31-12-17/h4-10,14,17H,11-13,24H2,1-3H3,(H,28,29,30). The van der Waals surface area contributed by atoms with Crippen molar-refractivity contribution in [2.24, 2.45) is 10.7 Å². The molecule has 0 aliphatic carbocycles. The third kappa shape index (κ3) is 5.06. The molecule has 0 saturated carbocycles. The van der Waals surface area contributed by atoms with Crippen LogP contribution in [0.1, 0.15) is 30.9 Å². The third-order valence-corrected chi connectivity index (χ3v) is 5.13. The van der Waals surface area contributed by atoms with Crippen molar-refractivity contribution in [3.63, 3.8) is 0 Å². The van der Waals surface area contributed by atoms with Gasteiger partial charge in [0.15, 0.2) is 5.82 Å². The molecule has 0 aromatic carbocycles.